The van der Waals surface area contributed by atoms with Crippen molar-refractivity contribution in [2.24, 2.45) is 0 Å². The second-order valence-corrected chi connectivity index (χ2v) is 5.41. The second kappa shape index (κ2) is 5.60. The molecule has 0 saturated heterocycles. The molecule has 2 aromatic rings. The largest absolute Gasteiger partial charge is 0.418 e. The summed E-state index contributed by atoms with van der Waals surface area (Å²) >= 11 is 23.2. The first-order chi connectivity index (χ1) is 9.20. The zero-order valence-corrected chi connectivity index (χ0v) is 12.4. The number of alkyl halides is 3. The summed E-state index contributed by atoms with van der Waals surface area (Å²) in [6, 6.07) is 3.69. The average Bonchev–Trinajstić information content (AvgIpc) is 2.32. The van der Waals surface area contributed by atoms with E-state index < -0.39 is 11.7 Å². The van der Waals surface area contributed by atoms with Gasteiger partial charge in [0.2, 0.25) is 0 Å². The molecule has 2 rings (SSSR count). The molecule has 106 valence electrons. The zero-order chi connectivity index (χ0) is 15.1. The molecule has 0 unspecified atom stereocenters. The molecule has 0 aliphatic heterocycles. The van der Waals surface area contributed by atoms with Gasteiger partial charge in [0.15, 0.2) is 0 Å². The molecule has 1 nitrogen and oxygen atoms in total. The number of hydrogen-bond acceptors (Lipinski definition) is 1. The maximum absolute atomic E-state index is 13.0. The summed E-state index contributed by atoms with van der Waals surface area (Å²) in [5.41, 5.74) is -1.16. The van der Waals surface area contributed by atoms with Crippen LogP contribution in [0.3, 0.4) is 0 Å². The van der Waals surface area contributed by atoms with Crippen LogP contribution in [0.2, 0.25) is 20.2 Å². The summed E-state index contributed by atoms with van der Waals surface area (Å²) in [6.07, 6.45) is -3.96. The van der Waals surface area contributed by atoms with E-state index in [9.17, 15) is 13.2 Å². The summed E-state index contributed by atoms with van der Waals surface area (Å²) < 4.78 is 39.0. The number of nitrogens with zero attached hydrogens (tertiary/aromatic N) is 1. The first-order valence-corrected chi connectivity index (χ1v) is 6.59. The highest BCUT2D eigenvalue weighted by molar-refractivity contribution is 6.45. The number of benzene rings is 1. The van der Waals surface area contributed by atoms with Crippen LogP contribution in [0, 0.1) is 0 Å². The number of halogens is 7. The topological polar surface area (TPSA) is 12.9 Å². The Morgan fingerprint density at radius 1 is 0.900 bits per heavy atom. The molecule has 0 fully saturated rings. The van der Waals surface area contributed by atoms with Crippen LogP contribution in [-0.4, -0.2) is 4.98 Å². The van der Waals surface area contributed by atoms with Crippen LogP contribution in [0.15, 0.2) is 24.4 Å². The molecule has 20 heavy (non-hydrogen) atoms. The molecule has 0 amide bonds. The van der Waals surface area contributed by atoms with Gasteiger partial charge in [0.25, 0.3) is 0 Å². The summed E-state index contributed by atoms with van der Waals surface area (Å²) in [7, 11) is 0. The monoisotopic (exact) mass is 359 g/mol. The van der Waals surface area contributed by atoms with Crippen LogP contribution in [0.4, 0.5) is 13.2 Å². The molecule has 1 heterocycles. The number of hydrogen-bond donors (Lipinski definition) is 0. The third-order valence-corrected chi connectivity index (χ3v) is 3.69. The number of pyridine rings is 1. The summed E-state index contributed by atoms with van der Waals surface area (Å²) in [5, 5.41) is 0.0784. The maximum Gasteiger partial charge on any atom is 0.418 e. The highest BCUT2D eigenvalue weighted by Gasteiger charge is 2.35. The molecule has 1 aromatic carbocycles. The molecule has 0 bridgehead atoms. The Balaban J connectivity index is 2.79. The Morgan fingerprint density at radius 3 is 2.15 bits per heavy atom. The van der Waals surface area contributed by atoms with E-state index in [1.807, 2.05) is 0 Å². The SMILES string of the molecule is FC(F)(F)c1cnc(Cl)cc1-c1cc(Cl)cc(Cl)c1Cl. The van der Waals surface area contributed by atoms with E-state index in [0.717, 1.165) is 6.07 Å². The van der Waals surface area contributed by atoms with Crippen molar-refractivity contribution in [3.63, 3.8) is 0 Å². The number of rotatable bonds is 1. The fraction of sp³-hybridized carbons (Fsp3) is 0.0833. The van der Waals surface area contributed by atoms with Crippen molar-refractivity contribution in [1.82, 2.24) is 4.98 Å². The van der Waals surface area contributed by atoms with Gasteiger partial charge in [-0.1, -0.05) is 46.4 Å². The van der Waals surface area contributed by atoms with Gasteiger partial charge in [0, 0.05) is 22.3 Å². The Morgan fingerprint density at radius 2 is 1.55 bits per heavy atom. The molecular formula is C12H4Cl4F3N. The van der Waals surface area contributed by atoms with Gasteiger partial charge < -0.3 is 0 Å². The lowest BCUT2D eigenvalue weighted by molar-refractivity contribution is -0.137. The molecule has 0 saturated carbocycles. The van der Waals surface area contributed by atoms with Crippen molar-refractivity contribution in [2.45, 2.75) is 6.18 Å². The first kappa shape index (κ1) is 15.7. The molecule has 0 spiro atoms. The zero-order valence-electron chi connectivity index (χ0n) is 9.40. The van der Waals surface area contributed by atoms with Crippen molar-refractivity contribution in [2.75, 3.05) is 0 Å². The minimum atomic E-state index is -4.61. The minimum absolute atomic E-state index is 0.0381. The lowest BCUT2D eigenvalue weighted by atomic mass is 10.0. The highest BCUT2D eigenvalue weighted by Crippen LogP contribution is 2.42. The van der Waals surface area contributed by atoms with Gasteiger partial charge in [-0.3, -0.25) is 0 Å². The normalized spacial score (nSPS) is 11.8. The maximum atomic E-state index is 13.0. The Labute approximate surface area is 132 Å². The molecule has 0 N–H and O–H groups in total. The summed E-state index contributed by atoms with van der Waals surface area (Å²) in [5.74, 6) is 0. The molecule has 0 radical (unpaired) electrons. The molecule has 0 aliphatic rings. The van der Waals surface area contributed by atoms with Crippen LogP contribution in [-0.2, 0) is 6.18 Å². The van der Waals surface area contributed by atoms with Gasteiger partial charge in [-0.25, -0.2) is 4.98 Å². The Bertz CT molecular complexity index is 670. The van der Waals surface area contributed by atoms with Crippen molar-refractivity contribution in [1.29, 1.82) is 0 Å². The molecule has 1 aromatic heterocycles. The molecule has 0 aliphatic carbocycles. The smallest absolute Gasteiger partial charge is 0.244 e. The molecule has 8 heteroatoms. The van der Waals surface area contributed by atoms with Crippen LogP contribution in [0.1, 0.15) is 5.56 Å². The second-order valence-electron chi connectivity index (χ2n) is 3.80. The van der Waals surface area contributed by atoms with E-state index in [-0.39, 0.29) is 31.3 Å². The van der Waals surface area contributed by atoms with Crippen LogP contribution >= 0.6 is 46.4 Å². The van der Waals surface area contributed by atoms with Gasteiger partial charge in [0.05, 0.1) is 15.6 Å². The van der Waals surface area contributed by atoms with Crippen molar-refractivity contribution >= 4 is 46.4 Å². The van der Waals surface area contributed by atoms with Crippen molar-refractivity contribution < 1.29 is 13.2 Å². The predicted octanol–water partition coefficient (Wildman–Crippen LogP) is 6.38. The van der Waals surface area contributed by atoms with Gasteiger partial charge in [0.1, 0.15) is 5.15 Å². The van der Waals surface area contributed by atoms with Gasteiger partial charge >= 0.3 is 6.18 Å². The Kier molecular flexibility index (Phi) is 4.40. The fourth-order valence-electron chi connectivity index (χ4n) is 1.63. The van der Waals surface area contributed by atoms with E-state index in [1.54, 1.807) is 0 Å². The van der Waals surface area contributed by atoms with Gasteiger partial charge in [-0.2, -0.15) is 13.2 Å². The lowest BCUT2D eigenvalue weighted by Crippen LogP contribution is -2.08. The molecular weight excluding hydrogens is 357 g/mol. The third-order valence-electron chi connectivity index (χ3n) is 2.46. The molecule has 0 atom stereocenters. The lowest BCUT2D eigenvalue weighted by Gasteiger charge is -2.14. The standard InChI is InChI=1S/C12H4Cl4F3N/c13-5-1-7(11(16)9(14)2-5)6-3-10(15)20-4-8(6)12(17,18)19/h1-4H. The van der Waals surface area contributed by atoms with E-state index in [0.29, 0.717) is 6.20 Å². The van der Waals surface area contributed by atoms with Crippen molar-refractivity contribution in [3.8, 4) is 11.1 Å². The third kappa shape index (κ3) is 3.14. The van der Waals surface area contributed by atoms with Crippen LogP contribution < -0.4 is 0 Å². The van der Waals surface area contributed by atoms with E-state index in [4.69, 9.17) is 46.4 Å². The van der Waals surface area contributed by atoms with Crippen LogP contribution in [0.5, 0.6) is 0 Å². The van der Waals surface area contributed by atoms with E-state index in [2.05, 4.69) is 4.98 Å². The summed E-state index contributed by atoms with van der Waals surface area (Å²) in [4.78, 5) is 3.44. The van der Waals surface area contributed by atoms with Gasteiger partial charge in [-0.15, -0.1) is 0 Å². The fourth-order valence-corrected chi connectivity index (χ4v) is 2.49. The van der Waals surface area contributed by atoms with Gasteiger partial charge in [-0.05, 0) is 18.2 Å². The van der Waals surface area contributed by atoms with E-state index >= 15 is 0 Å². The quantitative estimate of drug-likeness (QED) is 0.424. The average molecular weight is 361 g/mol. The van der Waals surface area contributed by atoms with Crippen LogP contribution in [0.25, 0.3) is 11.1 Å². The number of aromatic nitrogens is 1. The Hall–Kier alpha value is -0.680. The minimum Gasteiger partial charge on any atom is -0.244 e. The highest BCUT2D eigenvalue weighted by atomic mass is 35.5. The van der Waals surface area contributed by atoms with Crippen molar-refractivity contribution in [3.05, 3.63) is 50.2 Å². The first-order valence-electron chi connectivity index (χ1n) is 5.08. The predicted molar refractivity (Wildman–Crippen MR) is 74.7 cm³/mol. The summed E-state index contributed by atoms with van der Waals surface area (Å²) in [6.45, 7) is 0. The van der Waals surface area contributed by atoms with E-state index in [1.165, 1.54) is 12.1 Å².